The molecule has 4 nitrogen and oxygen atoms in total. The van der Waals surface area contributed by atoms with Gasteiger partial charge in [0.25, 0.3) is 0 Å². The van der Waals surface area contributed by atoms with Crippen molar-refractivity contribution in [3.05, 3.63) is 28.3 Å². The third kappa shape index (κ3) is 2.02. The Balaban J connectivity index is 2.44. The van der Waals surface area contributed by atoms with E-state index in [9.17, 15) is 9.59 Å². The second-order valence-electron chi connectivity index (χ2n) is 4.28. The minimum absolute atomic E-state index is 0.126. The molecular formula is C13H14O4. The van der Waals surface area contributed by atoms with E-state index in [0.29, 0.717) is 18.6 Å². The average Bonchev–Trinajstić information content (AvgIpc) is 2.64. The summed E-state index contributed by atoms with van der Waals surface area (Å²) in [5, 5.41) is 8.61. The molecule has 0 heterocycles. The molecule has 0 spiro atoms. The number of hydrogen-bond donors (Lipinski definition) is 1. The number of ether oxygens (including phenoxy) is 1. The number of fused-ring (bicyclic) bond motifs is 1. The minimum atomic E-state index is -1.01. The predicted molar refractivity (Wildman–Crippen MR) is 61.7 cm³/mol. The topological polar surface area (TPSA) is 63.6 Å². The first-order chi connectivity index (χ1) is 8.00. The Morgan fingerprint density at radius 1 is 1.41 bits per heavy atom. The monoisotopic (exact) mass is 234 g/mol. The highest BCUT2D eigenvalue weighted by Gasteiger charge is 2.26. The third-order valence-corrected chi connectivity index (χ3v) is 3.15. The Hall–Kier alpha value is -1.84. The van der Waals surface area contributed by atoms with Gasteiger partial charge < -0.3 is 9.84 Å². The number of aliphatic carboxylic acids is 1. The summed E-state index contributed by atoms with van der Waals surface area (Å²) in [4.78, 5) is 22.3. The maximum atomic E-state index is 11.8. The molecule has 0 saturated heterocycles. The number of carboxylic acids is 1. The van der Waals surface area contributed by atoms with Crippen LogP contribution in [-0.4, -0.2) is 23.5 Å². The van der Waals surface area contributed by atoms with Gasteiger partial charge in [0.1, 0.15) is 5.75 Å². The van der Waals surface area contributed by atoms with Crippen LogP contribution in [0.2, 0.25) is 0 Å². The van der Waals surface area contributed by atoms with Gasteiger partial charge in [0.2, 0.25) is 0 Å². The molecule has 0 bridgehead atoms. The van der Waals surface area contributed by atoms with Gasteiger partial charge in [-0.2, -0.15) is 0 Å². The summed E-state index contributed by atoms with van der Waals surface area (Å²) in [7, 11) is 0. The molecule has 1 aromatic carbocycles. The summed E-state index contributed by atoms with van der Waals surface area (Å²) in [6, 6.07) is 1.82. The fourth-order valence-corrected chi connectivity index (χ4v) is 2.20. The van der Waals surface area contributed by atoms with Crippen molar-refractivity contribution in [2.24, 2.45) is 0 Å². The highest BCUT2D eigenvalue weighted by molar-refractivity contribution is 6.02. The van der Waals surface area contributed by atoms with Crippen molar-refractivity contribution in [1.82, 2.24) is 0 Å². The largest absolute Gasteiger partial charge is 0.482 e. The second-order valence-corrected chi connectivity index (χ2v) is 4.28. The molecule has 0 aliphatic heterocycles. The molecule has 0 unspecified atom stereocenters. The van der Waals surface area contributed by atoms with Crippen molar-refractivity contribution in [1.29, 1.82) is 0 Å². The van der Waals surface area contributed by atoms with E-state index in [1.807, 2.05) is 19.9 Å². The molecule has 0 atom stereocenters. The van der Waals surface area contributed by atoms with Crippen molar-refractivity contribution in [2.45, 2.75) is 26.7 Å². The van der Waals surface area contributed by atoms with Crippen LogP contribution >= 0.6 is 0 Å². The van der Waals surface area contributed by atoms with Gasteiger partial charge in [0.15, 0.2) is 12.4 Å². The van der Waals surface area contributed by atoms with Gasteiger partial charge in [-0.3, -0.25) is 4.79 Å². The highest BCUT2D eigenvalue weighted by atomic mass is 16.5. The summed E-state index contributed by atoms with van der Waals surface area (Å²) >= 11 is 0. The number of benzene rings is 1. The van der Waals surface area contributed by atoms with Gasteiger partial charge in [-0.15, -0.1) is 0 Å². The fourth-order valence-electron chi connectivity index (χ4n) is 2.20. The number of rotatable bonds is 3. The van der Waals surface area contributed by atoms with Crippen molar-refractivity contribution < 1.29 is 19.4 Å². The Labute approximate surface area is 99.2 Å². The van der Waals surface area contributed by atoms with E-state index in [1.54, 1.807) is 0 Å². The van der Waals surface area contributed by atoms with E-state index in [2.05, 4.69) is 0 Å². The van der Waals surface area contributed by atoms with Crippen LogP contribution < -0.4 is 4.74 Å². The highest BCUT2D eigenvalue weighted by Crippen LogP contribution is 2.35. The van der Waals surface area contributed by atoms with Gasteiger partial charge in [-0.05, 0) is 37.5 Å². The lowest BCUT2D eigenvalue weighted by Gasteiger charge is -2.13. The van der Waals surface area contributed by atoms with Gasteiger partial charge in [0.05, 0.1) is 0 Å². The zero-order valence-electron chi connectivity index (χ0n) is 9.87. The van der Waals surface area contributed by atoms with E-state index in [4.69, 9.17) is 9.84 Å². The summed E-state index contributed by atoms with van der Waals surface area (Å²) in [5.41, 5.74) is 3.52. The van der Waals surface area contributed by atoms with Crippen LogP contribution in [0.25, 0.3) is 0 Å². The molecule has 0 fully saturated rings. The van der Waals surface area contributed by atoms with Crippen LogP contribution in [0.1, 0.15) is 33.5 Å². The number of hydrogen-bond acceptors (Lipinski definition) is 3. The molecule has 4 heteroatoms. The summed E-state index contributed by atoms with van der Waals surface area (Å²) in [5.74, 6) is -0.348. The number of carbonyl (C=O) groups excluding carboxylic acids is 1. The molecule has 0 saturated carbocycles. The molecule has 0 aromatic heterocycles. The molecule has 1 aliphatic rings. The second kappa shape index (κ2) is 4.20. The van der Waals surface area contributed by atoms with Crippen LogP contribution in [0.4, 0.5) is 0 Å². The number of carbonyl (C=O) groups is 2. The fraction of sp³-hybridized carbons (Fsp3) is 0.385. The lowest BCUT2D eigenvalue weighted by molar-refractivity contribution is -0.139. The van der Waals surface area contributed by atoms with Crippen molar-refractivity contribution in [3.8, 4) is 5.75 Å². The Kier molecular flexibility index (Phi) is 2.88. The minimum Gasteiger partial charge on any atom is -0.482 e. The smallest absolute Gasteiger partial charge is 0.341 e. The summed E-state index contributed by atoms with van der Waals surface area (Å²) < 4.78 is 5.24. The van der Waals surface area contributed by atoms with Gasteiger partial charge in [-0.1, -0.05) is 0 Å². The summed E-state index contributed by atoms with van der Waals surface area (Å²) in [6.45, 7) is 3.44. The maximum absolute atomic E-state index is 11.8. The number of Topliss-reactive ketones (excluding diaryl/α,β-unsaturated/α-hetero) is 1. The first kappa shape index (κ1) is 11.6. The van der Waals surface area contributed by atoms with E-state index >= 15 is 0 Å². The van der Waals surface area contributed by atoms with Gasteiger partial charge >= 0.3 is 5.97 Å². The zero-order chi connectivity index (χ0) is 12.6. The molecular weight excluding hydrogens is 220 g/mol. The lowest BCUT2D eigenvalue weighted by Crippen LogP contribution is -2.11. The first-order valence-corrected chi connectivity index (χ1v) is 5.51. The molecule has 1 N–H and O–H groups in total. The van der Waals surface area contributed by atoms with Crippen molar-refractivity contribution >= 4 is 11.8 Å². The molecule has 2 rings (SSSR count). The van der Waals surface area contributed by atoms with Gasteiger partial charge in [0, 0.05) is 17.5 Å². The predicted octanol–water partition coefficient (Wildman–Crippen LogP) is 1.90. The molecule has 90 valence electrons. The SMILES string of the molecule is Cc1cc(OCC(=O)O)c2c(c1C)C(=O)CC2. The average molecular weight is 234 g/mol. The number of aryl methyl sites for hydroxylation is 1. The molecule has 17 heavy (non-hydrogen) atoms. The standard InChI is InChI=1S/C13H14O4/c1-7-5-11(17-6-12(15)16)9-3-4-10(14)13(9)8(7)2/h5H,3-4,6H2,1-2H3,(H,15,16). The zero-order valence-corrected chi connectivity index (χ0v) is 9.87. The molecule has 0 amide bonds. The van der Waals surface area contributed by atoms with E-state index in [0.717, 1.165) is 22.3 Å². The van der Waals surface area contributed by atoms with E-state index in [-0.39, 0.29) is 12.4 Å². The number of ketones is 1. The normalized spacial score (nSPS) is 13.6. The van der Waals surface area contributed by atoms with E-state index in [1.165, 1.54) is 0 Å². The Morgan fingerprint density at radius 3 is 2.76 bits per heavy atom. The Bertz CT molecular complexity index is 503. The lowest BCUT2D eigenvalue weighted by atomic mass is 9.98. The third-order valence-electron chi connectivity index (χ3n) is 3.15. The van der Waals surface area contributed by atoms with Crippen LogP contribution in [0.15, 0.2) is 6.07 Å². The van der Waals surface area contributed by atoms with Gasteiger partial charge in [-0.25, -0.2) is 4.79 Å². The van der Waals surface area contributed by atoms with Crippen LogP contribution in [-0.2, 0) is 11.2 Å². The van der Waals surface area contributed by atoms with Crippen LogP contribution in [0.3, 0.4) is 0 Å². The van der Waals surface area contributed by atoms with Crippen LogP contribution in [0.5, 0.6) is 5.75 Å². The maximum Gasteiger partial charge on any atom is 0.341 e. The summed E-state index contributed by atoms with van der Waals surface area (Å²) in [6.07, 6.45) is 1.13. The molecule has 1 aromatic rings. The first-order valence-electron chi connectivity index (χ1n) is 5.51. The van der Waals surface area contributed by atoms with Crippen molar-refractivity contribution in [3.63, 3.8) is 0 Å². The molecule has 1 aliphatic carbocycles. The van der Waals surface area contributed by atoms with E-state index < -0.39 is 5.97 Å². The number of carboxylic acid groups (broad SMARTS) is 1. The molecule has 0 radical (unpaired) electrons. The van der Waals surface area contributed by atoms with Crippen LogP contribution in [0, 0.1) is 13.8 Å². The van der Waals surface area contributed by atoms with Crippen molar-refractivity contribution in [2.75, 3.05) is 6.61 Å². The quantitative estimate of drug-likeness (QED) is 0.867. The Morgan fingerprint density at radius 2 is 2.12 bits per heavy atom.